The largest absolute Gasteiger partial charge is 0.278 e. The first-order chi connectivity index (χ1) is 10.2. The van der Waals surface area contributed by atoms with Gasteiger partial charge in [0.05, 0.1) is 17.4 Å². The van der Waals surface area contributed by atoms with E-state index in [1.807, 2.05) is 0 Å². The summed E-state index contributed by atoms with van der Waals surface area (Å²) in [5.41, 5.74) is 4.41. The normalized spacial score (nSPS) is 11.1. The van der Waals surface area contributed by atoms with Gasteiger partial charge in [-0.1, -0.05) is 18.2 Å². The Kier molecular flexibility index (Phi) is 3.55. The van der Waals surface area contributed by atoms with Crippen molar-refractivity contribution < 1.29 is 8.78 Å². The van der Waals surface area contributed by atoms with E-state index in [2.05, 4.69) is 15.5 Å². The molecule has 0 unspecified atom stereocenters. The van der Waals surface area contributed by atoms with Gasteiger partial charge in [-0.05, 0) is 24.3 Å². The Hall–Kier alpha value is -2.82. The van der Waals surface area contributed by atoms with Gasteiger partial charge in [-0.2, -0.15) is 5.10 Å². The number of aromatic nitrogens is 1. The highest BCUT2D eigenvalue weighted by molar-refractivity contribution is 5.91. The van der Waals surface area contributed by atoms with Crippen LogP contribution in [-0.4, -0.2) is 11.2 Å². The average molecular weight is 283 g/mol. The quantitative estimate of drug-likeness (QED) is 0.583. The first-order valence-electron chi connectivity index (χ1n) is 6.32. The van der Waals surface area contributed by atoms with Gasteiger partial charge in [0.2, 0.25) is 0 Å². The van der Waals surface area contributed by atoms with Gasteiger partial charge < -0.3 is 0 Å². The lowest BCUT2D eigenvalue weighted by Gasteiger charge is -2.05. The molecule has 1 aromatic heterocycles. The molecule has 1 heterocycles. The molecule has 3 aromatic rings. The summed E-state index contributed by atoms with van der Waals surface area (Å²) >= 11 is 0. The van der Waals surface area contributed by atoms with E-state index in [1.54, 1.807) is 36.5 Å². The lowest BCUT2D eigenvalue weighted by atomic mass is 10.2. The van der Waals surface area contributed by atoms with Crippen molar-refractivity contribution in [3.05, 3.63) is 71.9 Å². The van der Waals surface area contributed by atoms with E-state index >= 15 is 0 Å². The molecule has 0 aliphatic rings. The molecule has 104 valence electrons. The topological polar surface area (TPSA) is 37.3 Å². The minimum absolute atomic E-state index is 0.343. The Labute approximate surface area is 120 Å². The molecule has 0 saturated heterocycles. The highest BCUT2D eigenvalue weighted by Crippen LogP contribution is 2.22. The molecule has 1 N–H and O–H groups in total. The van der Waals surface area contributed by atoms with E-state index in [-0.39, 0.29) is 11.6 Å². The van der Waals surface area contributed by atoms with E-state index in [0.29, 0.717) is 16.8 Å². The van der Waals surface area contributed by atoms with Crippen molar-refractivity contribution in [1.82, 2.24) is 4.98 Å². The number of hydrogen-bond donors (Lipinski definition) is 1. The molecule has 2 aromatic carbocycles. The number of halogens is 2. The third-order valence-electron chi connectivity index (χ3n) is 3.00. The fourth-order valence-electron chi connectivity index (χ4n) is 1.97. The van der Waals surface area contributed by atoms with Crippen LogP contribution in [0.1, 0.15) is 5.56 Å². The van der Waals surface area contributed by atoms with Crippen LogP contribution in [0.3, 0.4) is 0 Å². The molecule has 21 heavy (non-hydrogen) atoms. The molecule has 3 rings (SSSR count). The molecular formula is C16H11F2N3. The van der Waals surface area contributed by atoms with Crippen molar-refractivity contribution in [2.45, 2.75) is 0 Å². The second kappa shape index (κ2) is 5.66. The number of pyridine rings is 1. The predicted octanol–water partition coefficient (Wildman–Crippen LogP) is 3.96. The summed E-state index contributed by atoms with van der Waals surface area (Å²) in [6.45, 7) is 0. The molecule has 0 aliphatic heterocycles. The minimum Gasteiger partial charge on any atom is -0.278 e. The van der Waals surface area contributed by atoms with Crippen LogP contribution in [0.2, 0.25) is 0 Å². The lowest BCUT2D eigenvalue weighted by molar-refractivity contribution is 0.626. The first kappa shape index (κ1) is 13.2. The summed E-state index contributed by atoms with van der Waals surface area (Å²) in [4.78, 5) is 4.09. The van der Waals surface area contributed by atoms with Gasteiger partial charge in [-0.3, -0.25) is 10.4 Å². The molecule has 0 atom stereocenters. The predicted molar refractivity (Wildman–Crippen MR) is 79.3 cm³/mol. The third kappa shape index (κ3) is 2.86. The lowest BCUT2D eigenvalue weighted by Crippen LogP contribution is -1.94. The summed E-state index contributed by atoms with van der Waals surface area (Å²) in [5, 5.41) is 4.75. The third-order valence-corrected chi connectivity index (χ3v) is 3.00. The second-order valence-electron chi connectivity index (χ2n) is 4.41. The average Bonchev–Trinajstić information content (AvgIpc) is 2.49. The Morgan fingerprint density at radius 3 is 2.76 bits per heavy atom. The van der Waals surface area contributed by atoms with Gasteiger partial charge >= 0.3 is 0 Å². The smallest absolute Gasteiger partial charge is 0.132 e. The van der Waals surface area contributed by atoms with Crippen molar-refractivity contribution in [2.75, 3.05) is 5.43 Å². The molecule has 0 fully saturated rings. The number of hydrazone groups is 1. The van der Waals surface area contributed by atoms with Crippen molar-refractivity contribution in [3.8, 4) is 0 Å². The highest BCUT2D eigenvalue weighted by Gasteiger charge is 2.02. The number of nitrogens with zero attached hydrogens (tertiary/aromatic N) is 2. The standard InChI is InChI=1S/C16H11F2N3/c17-12-5-6-13-15(7-8-19-16(13)9-12)21-20-10-11-3-1-2-4-14(11)18/h1-10H,(H,19,21)/b20-10+. The maximum absolute atomic E-state index is 13.4. The number of hydrogen-bond acceptors (Lipinski definition) is 3. The zero-order chi connectivity index (χ0) is 14.7. The van der Waals surface area contributed by atoms with Crippen molar-refractivity contribution in [3.63, 3.8) is 0 Å². The minimum atomic E-state index is -0.345. The van der Waals surface area contributed by atoms with Crippen LogP contribution in [0.15, 0.2) is 59.8 Å². The van der Waals surface area contributed by atoms with Crippen LogP contribution in [0.4, 0.5) is 14.5 Å². The van der Waals surface area contributed by atoms with E-state index in [4.69, 9.17) is 0 Å². The number of anilines is 1. The monoisotopic (exact) mass is 283 g/mol. The second-order valence-corrected chi connectivity index (χ2v) is 4.41. The van der Waals surface area contributed by atoms with Crippen molar-refractivity contribution >= 4 is 22.8 Å². The molecule has 0 aliphatic carbocycles. The van der Waals surface area contributed by atoms with E-state index in [1.165, 1.54) is 24.4 Å². The molecule has 0 bridgehead atoms. The fraction of sp³-hybridized carbons (Fsp3) is 0. The van der Waals surface area contributed by atoms with Crippen LogP contribution >= 0.6 is 0 Å². The Morgan fingerprint density at radius 2 is 1.90 bits per heavy atom. The van der Waals surface area contributed by atoms with Crippen LogP contribution in [0.5, 0.6) is 0 Å². The molecule has 0 saturated carbocycles. The molecule has 0 radical (unpaired) electrons. The zero-order valence-corrected chi connectivity index (χ0v) is 10.9. The van der Waals surface area contributed by atoms with Crippen molar-refractivity contribution in [2.24, 2.45) is 5.10 Å². The zero-order valence-electron chi connectivity index (χ0n) is 10.9. The highest BCUT2D eigenvalue weighted by atomic mass is 19.1. The van der Waals surface area contributed by atoms with Crippen LogP contribution in [0.25, 0.3) is 10.9 Å². The Morgan fingerprint density at radius 1 is 1.05 bits per heavy atom. The van der Waals surface area contributed by atoms with Crippen molar-refractivity contribution in [1.29, 1.82) is 0 Å². The van der Waals surface area contributed by atoms with E-state index in [0.717, 1.165) is 5.39 Å². The van der Waals surface area contributed by atoms with Gasteiger partial charge in [-0.15, -0.1) is 0 Å². The summed E-state index contributed by atoms with van der Waals surface area (Å²) in [5.74, 6) is -0.688. The maximum atomic E-state index is 13.4. The molecule has 0 amide bonds. The molecule has 5 heteroatoms. The number of rotatable bonds is 3. The summed E-state index contributed by atoms with van der Waals surface area (Å²) in [7, 11) is 0. The summed E-state index contributed by atoms with van der Waals surface area (Å²) in [6, 6.07) is 12.4. The molecule has 0 spiro atoms. The fourth-order valence-corrected chi connectivity index (χ4v) is 1.97. The van der Waals surface area contributed by atoms with Crippen LogP contribution < -0.4 is 5.43 Å². The van der Waals surface area contributed by atoms with Crippen LogP contribution in [0, 0.1) is 11.6 Å². The number of benzene rings is 2. The van der Waals surface area contributed by atoms with E-state index in [9.17, 15) is 8.78 Å². The Bertz CT molecular complexity index is 815. The number of nitrogens with one attached hydrogen (secondary N) is 1. The van der Waals surface area contributed by atoms with Gasteiger partial charge in [0.25, 0.3) is 0 Å². The van der Waals surface area contributed by atoms with Gasteiger partial charge in [0.15, 0.2) is 0 Å². The van der Waals surface area contributed by atoms with Gasteiger partial charge in [0, 0.05) is 23.2 Å². The SMILES string of the molecule is Fc1ccc2c(N/N=C/c3ccccc3F)ccnc2c1. The Balaban J connectivity index is 1.87. The van der Waals surface area contributed by atoms with Gasteiger partial charge in [-0.25, -0.2) is 8.78 Å². The molecule has 3 nitrogen and oxygen atoms in total. The molecular weight excluding hydrogens is 272 g/mol. The number of fused-ring (bicyclic) bond motifs is 1. The van der Waals surface area contributed by atoms with E-state index < -0.39 is 0 Å². The van der Waals surface area contributed by atoms with Gasteiger partial charge in [0.1, 0.15) is 11.6 Å². The van der Waals surface area contributed by atoms with Crippen LogP contribution in [-0.2, 0) is 0 Å². The summed E-state index contributed by atoms with van der Waals surface area (Å²) < 4.78 is 26.6. The summed E-state index contributed by atoms with van der Waals surface area (Å²) in [6.07, 6.45) is 2.95. The maximum Gasteiger partial charge on any atom is 0.132 e. The first-order valence-corrected chi connectivity index (χ1v) is 6.32.